The normalized spacial score (nSPS) is 10.1. The zero-order valence-electron chi connectivity index (χ0n) is 16.0. The molecule has 0 saturated heterocycles. The smallest absolute Gasteiger partial charge is 0.339 e. The zero-order chi connectivity index (χ0) is 20.6. The summed E-state index contributed by atoms with van der Waals surface area (Å²) in [4.78, 5) is 32.6. The molecule has 0 aliphatic carbocycles. The van der Waals surface area contributed by atoms with E-state index < -0.39 is 11.9 Å². The van der Waals surface area contributed by atoms with E-state index in [2.05, 4.69) is 20.6 Å². The number of esters is 1. The first kappa shape index (κ1) is 19.8. The number of carbonyl (C=O) groups excluding carboxylic acids is 2. The number of amides is 1. The van der Waals surface area contributed by atoms with Crippen LogP contribution in [0.5, 0.6) is 5.75 Å². The lowest BCUT2D eigenvalue weighted by Gasteiger charge is -2.10. The van der Waals surface area contributed by atoms with Gasteiger partial charge in [-0.15, -0.1) is 0 Å². The highest BCUT2D eigenvalue weighted by Gasteiger charge is 2.15. The second-order valence-electron chi connectivity index (χ2n) is 5.86. The third kappa shape index (κ3) is 5.07. The molecular weight excluding hydrogens is 372 g/mol. The van der Waals surface area contributed by atoms with E-state index in [9.17, 15) is 9.59 Å². The highest BCUT2D eigenvalue weighted by molar-refractivity contribution is 6.07. The van der Waals surface area contributed by atoms with Crippen molar-refractivity contribution in [3.63, 3.8) is 0 Å². The molecule has 0 saturated carbocycles. The number of hydrogen-bond acceptors (Lipinski definition) is 7. The van der Waals surface area contributed by atoms with E-state index >= 15 is 0 Å². The van der Waals surface area contributed by atoms with Gasteiger partial charge in [-0.25, -0.2) is 14.8 Å². The van der Waals surface area contributed by atoms with E-state index in [1.807, 2.05) is 31.2 Å². The van der Waals surface area contributed by atoms with Crippen molar-refractivity contribution in [1.82, 2.24) is 9.97 Å². The predicted octanol–water partition coefficient (Wildman–Crippen LogP) is 3.66. The summed E-state index contributed by atoms with van der Waals surface area (Å²) in [5, 5.41) is 5.79. The van der Waals surface area contributed by atoms with Gasteiger partial charge in [-0.2, -0.15) is 0 Å². The van der Waals surface area contributed by atoms with Crippen molar-refractivity contribution in [3.8, 4) is 5.75 Å². The molecule has 8 heteroatoms. The number of methoxy groups -OCH3 is 1. The summed E-state index contributed by atoms with van der Waals surface area (Å²) in [5.74, 6) is 0.209. The Balaban J connectivity index is 1.74. The van der Waals surface area contributed by atoms with Gasteiger partial charge in [-0.1, -0.05) is 12.1 Å². The molecular formula is C21H20N4O4. The van der Waals surface area contributed by atoms with E-state index in [0.717, 1.165) is 11.4 Å². The van der Waals surface area contributed by atoms with Crippen LogP contribution in [0.25, 0.3) is 0 Å². The number of para-hydroxylation sites is 1. The summed E-state index contributed by atoms with van der Waals surface area (Å²) < 4.78 is 10.2. The molecule has 0 bridgehead atoms. The first-order chi connectivity index (χ1) is 14.1. The number of rotatable bonds is 7. The van der Waals surface area contributed by atoms with Crippen molar-refractivity contribution in [2.75, 3.05) is 24.4 Å². The number of nitrogens with zero attached hydrogens (tertiary/aromatic N) is 2. The third-order valence-electron chi connectivity index (χ3n) is 3.92. The monoisotopic (exact) mass is 392 g/mol. The van der Waals surface area contributed by atoms with Crippen molar-refractivity contribution >= 4 is 29.1 Å². The largest absolute Gasteiger partial charge is 0.494 e. The van der Waals surface area contributed by atoms with Gasteiger partial charge in [0.25, 0.3) is 5.91 Å². The fourth-order valence-electron chi connectivity index (χ4n) is 2.57. The molecule has 3 rings (SSSR count). The minimum Gasteiger partial charge on any atom is -0.494 e. The summed E-state index contributed by atoms with van der Waals surface area (Å²) >= 11 is 0. The molecule has 1 aromatic heterocycles. The average Bonchev–Trinajstić information content (AvgIpc) is 2.75. The second-order valence-corrected chi connectivity index (χ2v) is 5.86. The average molecular weight is 392 g/mol. The molecule has 3 aromatic rings. The molecule has 0 unspecified atom stereocenters. The molecule has 148 valence electrons. The van der Waals surface area contributed by atoms with Crippen LogP contribution in [0.3, 0.4) is 0 Å². The fraction of sp³-hybridized carbons (Fsp3) is 0.143. The molecule has 1 heterocycles. The predicted molar refractivity (Wildman–Crippen MR) is 109 cm³/mol. The Morgan fingerprint density at radius 2 is 1.79 bits per heavy atom. The molecule has 2 aromatic carbocycles. The van der Waals surface area contributed by atoms with Gasteiger partial charge in [0.05, 0.1) is 25.0 Å². The summed E-state index contributed by atoms with van der Waals surface area (Å²) in [5.41, 5.74) is 1.52. The summed E-state index contributed by atoms with van der Waals surface area (Å²) in [6, 6.07) is 15.5. The molecule has 0 radical (unpaired) electrons. The Morgan fingerprint density at radius 3 is 2.52 bits per heavy atom. The van der Waals surface area contributed by atoms with Crippen LogP contribution in [0.2, 0.25) is 0 Å². The highest BCUT2D eigenvalue weighted by Crippen LogP contribution is 2.20. The van der Waals surface area contributed by atoms with Gasteiger partial charge in [0.1, 0.15) is 23.6 Å². The first-order valence-electron chi connectivity index (χ1n) is 8.91. The van der Waals surface area contributed by atoms with E-state index in [1.165, 1.54) is 19.5 Å². The topological polar surface area (TPSA) is 102 Å². The van der Waals surface area contributed by atoms with Crippen molar-refractivity contribution < 1.29 is 19.1 Å². The Labute approximate surface area is 167 Å². The van der Waals surface area contributed by atoms with E-state index in [1.54, 1.807) is 24.3 Å². The molecule has 8 nitrogen and oxygen atoms in total. The van der Waals surface area contributed by atoms with Gasteiger partial charge in [0.15, 0.2) is 0 Å². The van der Waals surface area contributed by atoms with Crippen LogP contribution >= 0.6 is 0 Å². The van der Waals surface area contributed by atoms with Crippen molar-refractivity contribution in [1.29, 1.82) is 0 Å². The number of aromatic nitrogens is 2. The molecule has 1 amide bonds. The van der Waals surface area contributed by atoms with Gasteiger partial charge in [-0.3, -0.25) is 4.79 Å². The highest BCUT2D eigenvalue weighted by atomic mass is 16.5. The maximum absolute atomic E-state index is 12.6. The second kappa shape index (κ2) is 9.32. The van der Waals surface area contributed by atoms with Crippen LogP contribution < -0.4 is 15.4 Å². The minimum atomic E-state index is -0.540. The third-order valence-corrected chi connectivity index (χ3v) is 3.92. The van der Waals surface area contributed by atoms with Crippen LogP contribution in [-0.2, 0) is 4.74 Å². The number of hydrogen-bond donors (Lipinski definition) is 2. The fourth-order valence-corrected chi connectivity index (χ4v) is 2.57. The standard InChI is InChI=1S/C21H20N4O4/c1-3-29-15-10-8-14(9-11-15)24-19-12-18(22-13-23-19)20(26)25-17-7-5-4-6-16(17)21(27)28-2/h4-13H,3H2,1-2H3,(H,25,26)(H,22,23,24). The van der Waals surface area contributed by atoms with E-state index in [4.69, 9.17) is 9.47 Å². The van der Waals surface area contributed by atoms with Gasteiger partial charge >= 0.3 is 5.97 Å². The maximum atomic E-state index is 12.6. The number of nitrogens with one attached hydrogen (secondary N) is 2. The van der Waals surface area contributed by atoms with Gasteiger partial charge in [0.2, 0.25) is 0 Å². The van der Waals surface area contributed by atoms with Crippen LogP contribution in [-0.4, -0.2) is 35.6 Å². The Hall–Kier alpha value is -3.94. The maximum Gasteiger partial charge on any atom is 0.339 e. The summed E-state index contributed by atoms with van der Waals surface area (Å²) in [6.45, 7) is 2.51. The first-order valence-corrected chi connectivity index (χ1v) is 8.91. The minimum absolute atomic E-state index is 0.146. The molecule has 2 N–H and O–H groups in total. The van der Waals surface area contributed by atoms with E-state index in [0.29, 0.717) is 18.1 Å². The molecule has 0 aliphatic heterocycles. The van der Waals surface area contributed by atoms with Crippen LogP contribution in [0, 0.1) is 0 Å². The number of benzene rings is 2. The Kier molecular flexibility index (Phi) is 6.36. The van der Waals surface area contributed by atoms with Gasteiger partial charge in [0, 0.05) is 11.8 Å². The Morgan fingerprint density at radius 1 is 1.03 bits per heavy atom. The van der Waals surface area contributed by atoms with Crippen molar-refractivity contribution in [3.05, 3.63) is 72.2 Å². The SMILES string of the molecule is CCOc1ccc(Nc2cc(C(=O)Nc3ccccc3C(=O)OC)ncn2)cc1. The molecule has 0 aliphatic rings. The Bertz CT molecular complexity index is 1010. The zero-order valence-corrected chi connectivity index (χ0v) is 16.0. The van der Waals surface area contributed by atoms with Crippen molar-refractivity contribution in [2.24, 2.45) is 0 Å². The van der Waals surface area contributed by atoms with Crippen LogP contribution in [0.15, 0.2) is 60.9 Å². The molecule has 29 heavy (non-hydrogen) atoms. The molecule has 0 atom stereocenters. The lowest BCUT2D eigenvalue weighted by molar-refractivity contribution is 0.0602. The van der Waals surface area contributed by atoms with Gasteiger partial charge in [-0.05, 0) is 43.3 Å². The van der Waals surface area contributed by atoms with Crippen molar-refractivity contribution in [2.45, 2.75) is 6.92 Å². The molecule has 0 fully saturated rings. The van der Waals surface area contributed by atoms with Gasteiger partial charge < -0.3 is 20.1 Å². The lowest BCUT2D eigenvalue weighted by atomic mass is 10.1. The quantitative estimate of drug-likeness (QED) is 0.592. The number of anilines is 3. The number of carbonyl (C=O) groups is 2. The lowest BCUT2D eigenvalue weighted by Crippen LogP contribution is -2.17. The molecule has 0 spiro atoms. The summed E-state index contributed by atoms with van der Waals surface area (Å²) in [7, 11) is 1.28. The number of ether oxygens (including phenoxy) is 2. The van der Waals surface area contributed by atoms with Crippen LogP contribution in [0.1, 0.15) is 27.8 Å². The van der Waals surface area contributed by atoms with Crippen LogP contribution in [0.4, 0.5) is 17.2 Å². The summed E-state index contributed by atoms with van der Waals surface area (Å²) in [6.07, 6.45) is 1.29. The van der Waals surface area contributed by atoms with E-state index in [-0.39, 0.29) is 11.3 Å².